The average Bonchev–Trinajstić information content (AvgIpc) is 2.83. The van der Waals surface area contributed by atoms with E-state index in [1.165, 1.54) is 48.9 Å². The SMILES string of the molecule is COc1ccc(C(=O)OCC(=O)Nc2cc(S(=O)(=O)N3CCOCC3)ccc2Cl)c(OC)c1. The van der Waals surface area contributed by atoms with Crippen molar-refractivity contribution < 1.29 is 37.0 Å². The van der Waals surface area contributed by atoms with Crippen LogP contribution in [-0.4, -0.2) is 71.7 Å². The number of benzene rings is 2. The highest BCUT2D eigenvalue weighted by atomic mass is 35.5. The molecular weight excluding hydrogens is 476 g/mol. The number of nitrogens with zero attached hydrogens (tertiary/aromatic N) is 1. The second-order valence-electron chi connectivity index (χ2n) is 6.85. The van der Waals surface area contributed by atoms with Crippen molar-refractivity contribution in [2.24, 2.45) is 0 Å². The molecular formula is C21H23ClN2O8S. The van der Waals surface area contributed by atoms with E-state index in [1.807, 2.05) is 0 Å². The van der Waals surface area contributed by atoms with E-state index >= 15 is 0 Å². The first kappa shape index (κ1) is 24.8. The number of ether oxygens (including phenoxy) is 4. The number of sulfonamides is 1. The molecule has 1 saturated heterocycles. The molecule has 0 atom stereocenters. The summed E-state index contributed by atoms with van der Waals surface area (Å²) in [6.07, 6.45) is 0. The third kappa shape index (κ3) is 5.93. The van der Waals surface area contributed by atoms with Crippen LogP contribution >= 0.6 is 11.6 Å². The minimum atomic E-state index is -3.78. The Bertz CT molecular complexity index is 1130. The molecule has 0 unspecified atom stereocenters. The standard InChI is InChI=1S/C21H23ClN2O8S/c1-29-14-3-5-16(19(11-14)30-2)21(26)32-13-20(25)23-18-12-15(4-6-17(18)22)33(27,28)24-7-9-31-10-8-24/h3-6,11-12H,7-10,13H2,1-2H3,(H,23,25). The second kappa shape index (κ2) is 10.8. The summed E-state index contributed by atoms with van der Waals surface area (Å²) in [5, 5.41) is 2.60. The molecule has 1 amide bonds. The van der Waals surface area contributed by atoms with Gasteiger partial charge in [0.2, 0.25) is 10.0 Å². The Hall–Kier alpha value is -2.86. The number of esters is 1. The van der Waals surface area contributed by atoms with Crippen LogP contribution in [0, 0.1) is 0 Å². The average molecular weight is 499 g/mol. The van der Waals surface area contributed by atoms with Crippen LogP contribution in [0.5, 0.6) is 11.5 Å². The lowest BCUT2D eigenvalue weighted by molar-refractivity contribution is -0.119. The molecule has 3 rings (SSSR count). The normalized spacial score (nSPS) is 14.4. The van der Waals surface area contributed by atoms with Crippen LogP contribution in [-0.2, 0) is 24.3 Å². The van der Waals surface area contributed by atoms with E-state index in [9.17, 15) is 18.0 Å². The van der Waals surface area contributed by atoms with Crippen molar-refractivity contribution in [3.8, 4) is 11.5 Å². The molecule has 0 saturated carbocycles. The van der Waals surface area contributed by atoms with Crippen molar-refractivity contribution in [1.82, 2.24) is 4.31 Å². The Balaban J connectivity index is 1.67. The monoisotopic (exact) mass is 498 g/mol. The number of hydrogen-bond donors (Lipinski definition) is 1. The number of anilines is 1. The van der Waals surface area contributed by atoms with Gasteiger partial charge in [0.15, 0.2) is 6.61 Å². The van der Waals surface area contributed by atoms with Gasteiger partial charge >= 0.3 is 5.97 Å². The first-order chi connectivity index (χ1) is 15.8. The molecule has 1 heterocycles. The molecule has 0 spiro atoms. The van der Waals surface area contributed by atoms with Crippen molar-refractivity contribution >= 4 is 39.2 Å². The van der Waals surface area contributed by atoms with Gasteiger partial charge in [-0.15, -0.1) is 0 Å². The number of carbonyl (C=O) groups is 2. The fraction of sp³-hybridized carbons (Fsp3) is 0.333. The number of rotatable bonds is 8. The van der Waals surface area contributed by atoms with Gasteiger partial charge in [0.25, 0.3) is 5.91 Å². The van der Waals surface area contributed by atoms with Gasteiger partial charge in [0, 0.05) is 19.2 Å². The maximum Gasteiger partial charge on any atom is 0.342 e. The minimum absolute atomic E-state index is 0.0240. The van der Waals surface area contributed by atoms with Crippen molar-refractivity contribution in [3.05, 3.63) is 47.0 Å². The third-order valence-electron chi connectivity index (χ3n) is 4.78. The van der Waals surface area contributed by atoms with Crippen LogP contribution in [0.4, 0.5) is 5.69 Å². The zero-order valence-corrected chi connectivity index (χ0v) is 19.6. The molecule has 2 aromatic carbocycles. The highest BCUT2D eigenvalue weighted by molar-refractivity contribution is 7.89. The van der Waals surface area contributed by atoms with E-state index in [4.69, 9.17) is 30.5 Å². The maximum absolute atomic E-state index is 12.8. The van der Waals surface area contributed by atoms with E-state index in [2.05, 4.69) is 5.32 Å². The molecule has 0 aromatic heterocycles. The van der Waals surface area contributed by atoms with Gasteiger partial charge in [-0.05, 0) is 30.3 Å². The van der Waals surface area contributed by atoms with Gasteiger partial charge in [0.05, 0.1) is 43.0 Å². The number of amides is 1. The van der Waals surface area contributed by atoms with Crippen molar-refractivity contribution in [2.75, 3.05) is 52.4 Å². The van der Waals surface area contributed by atoms with E-state index in [-0.39, 0.29) is 40.0 Å². The van der Waals surface area contributed by atoms with Crippen LogP contribution in [0.25, 0.3) is 0 Å². The number of hydrogen-bond acceptors (Lipinski definition) is 8. The molecule has 1 aliphatic rings. The van der Waals surface area contributed by atoms with E-state index in [0.717, 1.165) is 0 Å². The van der Waals surface area contributed by atoms with Crippen LogP contribution in [0.2, 0.25) is 5.02 Å². The van der Waals surface area contributed by atoms with Crippen molar-refractivity contribution in [2.45, 2.75) is 4.90 Å². The first-order valence-electron chi connectivity index (χ1n) is 9.82. The summed E-state index contributed by atoms with van der Waals surface area (Å²) < 4.78 is 47.5. The summed E-state index contributed by atoms with van der Waals surface area (Å²) in [7, 11) is -0.916. The van der Waals surface area contributed by atoms with Gasteiger partial charge in [0.1, 0.15) is 17.1 Å². The lowest BCUT2D eigenvalue weighted by atomic mass is 10.2. The first-order valence-corrected chi connectivity index (χ1v) is 11.6. The summed E-state index contributed by atoms with van der Waals surface area (Å²) in [6, 6.07) is 8.52. The zero-order chi connectivity index (χ0) is 24.0. The number of methoxy groups -OCH3 is 2. The molecule has 10 nitrogen and oxygen atoms in total. The molecule has 2 aromatic rings. The van der Waals surface area contributed by atoms with Crippen molar-refractivity contribution in [3.63, 3.8) is 0 Å². The summed E-state index contributed by atoms with van der Waals surface area (Å²) in [4.78, 5) is 24.7. The Morgan fingerprint density at radius 3 is 2.48 bits per heavy atom. The molecule has 0 aliphatic carbocycles. The van der Waals surface area contributed by atoms with Gasteiger partial charge < -0.3 is 24.3 Å². The van der Waals surface area contributed by atoms with E-state index in [1.54, 1.807) is 6.07 Å². The molecule has 1 N–H and O–H groups in total. The largest absolute Gasteiger partial charge is 0.497 e. The summed E-state index contributed by atoms with van der Waals surface area (Å²) >= 11 is 6.12. The Kier molecular flexibility index (Phi) is 8.14. The molecule has 12 heteroatoms. The van der Waals surface area contributed by atoms with Crippen molar-refractivity contribution in [1.29, 1.82) is 0 Å². The maximum atomic E-state index is 12.8. The third-order valence-corrected chi connectivity index (χ3v) is 7.01. The highest BCUT2D eigenvalue weighted by Gasteiger charge is 2.27. The number of morpholine rings is 1. The lowest BCUT2D eigenvalue weighted by Gasteiger charge is -2.26. The van der Waals surface area contributed by atoms with E-state index in [0.29, 0.717) is 19.0 Å². The predicted octanol–water partition coefficient (Wildman–Crippen LogP) is 2.17. The van der Waals surface area contributed by atoms with Gasteiger partial charge in [-0.25, -0.2) is 13.2 Å². The Labute approximate surface area is 196 Å². The van der Waals surface area contributed by atoms with E-state index < -0.39 is 28.5 Å². The van der Waals surface area contributed by atoms with Gasteiger partial charge in [-0.3, -0.25) is 4.79 Å². The van der Waals surface area contributed by atoms with Crippen LogP contribution in [0.3, 0.4) is 0 Å². The molecule has 1 fully saturated rings. The fourth-order valence-electron chi connectivity index (χ4n) is 3.06. The molecule has 0 bridgehead atoms. The Morgan fingerprint density at radius 2 is 1.82 bits per heavy atom. The highest BCUT2D eigenvalue weighted by Crippen LogP contribution is 2.28. The Morgan fingerprint density at radius 1 is 1.09 bits per heavy atom. The molecule has 178 valence electrons. The van der Waals surface area contributed by atoms with Crippen LogP contribution < -0.4 is 14.8 Å². The van der Waals surface area contributed by atoms with Gasteiger partial charge in [-0.2, -0.15) is 4.31 Å². The molecule has 33 heavy (non-hydrogen) atoms. The van der Waals surface area contributed by atoms with Gasteiger partial charge in [-0.1, -0.05) is 11.6 Å². The number of nitrogens with one attached hydrogen (secondary N) is 1. The summed E-state index contributed by atoms with van der Waals surface area (Å²) in [5.74, 6) is -0.760. The predicted molar refractivity (Wildman–Crippen MR) is 119 cm³/mol. The fourth-order valence-corrected chi connectivity index (χ4v) is 4.66. The minimum Gasteiger partial charge on any atom is -0.497 e. The molecule has 0 radical (unpaired) electrons. The topological polar surface area (TPSA) is 120 Å². The van der Waals surface area contributed by atoms with Crippen LogP contribution in [0.1, 0.15) is 10.4 Å². The number of carbonyl (C=O) groups excluding carboxylic acids is 2. The summed E-state index contributed by atoms with van der Waals surface area (Å²) in [5.41, 5.74) is 0.191. The zero-order valence-electron chi connectivity index (χ0n) is 18.0. The summed E-state index contributed by atoms with van der Waals surface area (Å²) in [6.45, 7) is 0.459. The number of halogens is 1. The second-order valence-corrected chi connectivity index (χ2v) is 9.19. The lowest BCUT2D eigenvalue weighted by Crippen LogP contribution is -2.40. The van der Waals surface area contributed by atoms with Crippen LogP contribution in [0.15, 0.2) is 41.3 Å². The molecule has 1 aliphatic heterocycles. The smallest absolute Gasteiger partial charge is 0.342 e. The quantitative estimate of drug-likeness (QED) is 0.550.